The largest absolute Gasteiger partial charge is 0.506 e. The summed E-state index contributed by atoms with van der Waals surface area (Å²) in [4.78, 5) is 19.2. The number of aromatic nitrogens is 1. The number of carbonyl (C=O) groups is 1. The van der Waals surface area contributed by atoms with Gasteiger partial charge in [0, 0.05) is 30.1 Å². The SMILES string of the molecule is Cc1cccc([C@H]2CCCN(C(=O)c3ccc(-c4ccc(O)cn4)cc3)C2)c1. The van der Waals surface area contributed by atoms with Crippen molar-refractivity contribution in [2.75, 3.05) is 13.1 Å². The summed E-state index contributed by atoms with van der Waals surface area (Å²) < 4.78 is 0. The Bertz CT molecular complexity index is 965. The van der Waals surface area contributed by atoms with E-state index in [-0.39, 0.29) is 11.7 Å². The number of aryl methyl sites for hydroxylation is 1. The second kappa shape index (κ2) is 7.85. The second-order valence-corrected chi connectivity index (χ2v) is 7.48. The zero-order valence-electron chi connectivity index (χ0n) is 16.0. The van der Waals surface area contributed by atoms with Crippen LogP contribution in [-0.2, 0) is 0 Å². The zero-order chi connectivity index (χ0) is 19.5. The Hall–Kier alpha value is -3.14. The van der Waals surface area contributed by atoms with Gasteiger partial charge in [-0.25, -0.2) is 0 Å². The van der Waals surface area contributed by atoms with Gasteiger partial charge in [0.1, 0.15) is 5.75 Å². The average molecular weight is 372 g/mol. The van der Waals surface area contributed by atoms with Crippen LogP contribution in [0.4, 0.5) is 0 Å². The molecule has 0 spiro atoms. The third-order valence-electron chi connectivity index (χ3n) is 5.40. The molecular formula is C24H24N2O2. The first-order chi connectivity index (χ1) is 13.6. The Labute approximate surface area is 165 Å². The van der Waals surface area contributed by atoms with E-state index in [1.165, 1.54) is 17.3 Å². The van der Waals surface area contributed by atoms with Crippen LogP contribution in [0.2, 0.25) is 0 Å². The number of nitrogens with zero attached hydrogens (tertiary/aromatic N) is 2. The van der Waals surface area contributed by atoms with E-state index in [9.17, 15) is 9.90 Å². The van der Waals surface area contributed by atoms with Crippen molar-refractivity contribution >= 4 is 5.91 Å². The molecule has 28 heavy (non-hydrogen) atoms. The Kier molecular flexibility index (Phi) is 5.11. The van der Waals surface area contributed by atoms with E-state index in [1.807, 2.05) is 29.2 Å². The summed E-state index contributed by atoms with van der Waals surface area (Å²) in [6.45, 7) is 3.69. The minimum Gasteiger partial charge on any atom is -0.506 e. The molecule has 0 aliphatic carbocycles. The molecule has 1 aliphatic rings. The third-order valence-corrected chi connectivity index (χ3v) is 5.40. The normalized spacial score (nSPS) is 16.8. The number of amides is 1. The van der Waals surface area contributed by atoms with Gasteiger partial charge in [0.05, 0.1) is 11.9 Å². The van der Waals surface area contributed by atoms with Crippen molar-refractivity contribution < 1.29 is 9.90 Å². The standard InChI is InChI=1S/C24H24N2O2/c1-17-4-2-5-20(14-17)21-6-3-13-26(16-21)24(28)19-9-7-18(8-10-19)23-12-11-22(27)15-25-23/h2,4-5,7-12,14-15,21,27H,3,6,13,16H2,1H3/t21-/m0/s1. The molecule has 0 saturated carbocycles. The van der Waals surface area contributed by atoms with Gasteiger partial charge in [-0.15, -0.1) is 0 Å². The minimum atomic E-state index is 0.0857. The maximum absolute atomic E-state index is 13.0. The molecule has 1 fully saturated rings. The first-order valence-electron chi connectivity index (χ1n) is 9.71. The lowest BCUT2D eigenvalue weighted by Gasteiger charge is -2.33. The fourth-order valence-electron chi connectivity index (χ4n) is 3.88. The number of benzene rings is 2. The molecule has 2 heterocycles. The quantitative estimate of drug-likeness (QED) is 0.720. The molecule has 1 saturated heterocycles. The number of piperidine rings is 1. The summed E-state index contributed by atoms with van der Waals surface area (Å²) >= 11 is 0. The van der Waals surface area contributed by atoms with Crippen molar-refractivity contribution in [3.63, 3.8) is 0 Å². The first kappa shape index (κ1) is 18.2. The van der Waals surface area contributed by atoms with Crippen LogP contribution < -0.4 is 0 Å². The lowest BCUT2D eigenvalue weighted by molar-refractivity contribution is 0.0707. The number of rotatable bonds is 3. The molecule has 4 nitrogen and oxygen atoms in total. The van der Waals surface area contributed by atoms with E-state index >= 15 is 0 Å². The molecule has 2 aromatic carbocycles. The van der Waals surface area contributed by atoms with Crippen LogP contribution in [0, 0.1) is 6.92 Å². The molecule has 142 valence electrons. The summed E-state index contributed by atoms with van der Waals surface area (Å²) in [5, 5.41) is 9.37. The molecule has 1 atom stereocenters. The lowest BCUT2D eigenvalue weighted by atomic mass is 9.89. The van der Waals surface area contributed by atoms with Crippen molar-refractivity contribution in [2.24, 2.45) is 0 Å². The van der Waals surface area contributed by atoms with Gasteiger partial charge >= 0.3 is 0 Å². The smallest absolute Gasteiger partial charge is 0.253 e. The van der Waals surface area contributed by atoms with E-state index in [0.29, 0.717) is 11.5 Å². The highest BCUT2D eigenvalue weighted by atomic mass is 16.3. The average Bonchev–Trinajstić information content (AvgIpc) is 2.74. The topological polar surface area (TPSA) is 53.4 Å². The van der Waals surface area contributed by atoms with Gasteiger partial charge in [-0.1, -0.05) is 42.0 Å². The van der Waals surface area contributed by atoms with E-state index in [4.69, 9.17) is 0 Å². The maximum atomic E-state index is 13.0. The van der Waals surface area contributed by atoms with Crippen LogP contribution in [0.25, 0.3) is 11.3 Å². The van der Waals surface area contributed by atoms with Crippen molar-refractivity contribution in [1.29, 1.82) is 0 Å². The Morgan fingerprint density at radius 1 is 1.11 bits per heavy atom. The fraction of sp³-hybridized carbons (Fsp3) is 0.250. The number of carbonyl (C=O) groups excluding carboxylic acids is 1. The highest BCUT2D eigenvalue weighted by Gasteiger charge is 2.25. The molecule has 4 rings (SSSR count). The number of aromatic hydroxyl groups is 1. The summed E-state index contributed by atoms with van der Waals surface area (Å²) in [5.74, 6) is 0.629. The van der Waals surface area contributed by atoms with Crippen molar-refractivity contribution in [2.45, 2.75) is 25.7 Å². The molecule has 4 heteroatoms. The van der Waals surface area contributed by atoms with Gasteiger partial charge in [0.2, 0.25) is 0 Å². The third kappa shape index (κ3) is 3.91. The minimum absolute atomic E-state index is 0.0857. The highest BCUT2D eigenvalue weighted by molar-refractivity contribution is 5.94. The van der Waals surface area contributed by atoms with Crippen molar-refractivity contribution in [3.05, 3.63) is 83.6 Å². The van der Waals surface area contributed by atoms with Crippen LogP contribution in [-0.4, -0.2) is 34.0 Å². The second-order valence-electron chi connectivity index (χ2n) is 7.48. The van der Waals surface area contributed by atoms with Gasteiger partial charge in [0.25, 0.3) is 5.91 Å². The molecule has 0 unspecified atom stereocenters. The molecule has 0 bridgehead atoms. The van der Waals surface area contributed by atoms with Crippen molar-refractivity contribution in [1.82, 2.24) is 9.88 Å². The molecule has 1 aromatic heterocycles. The maximum Gasteiger partial charge on any atom is 0.253 e. The number of pyridine rings is 1. The Morgan fingerprint density at radius 2 is 1.93 bits per heavy atom. The monoisotopic (exact) mass is 372 g/mol. The fourth-order valence-corrected chi connectivity index (χ4v) is 3.88. The van der Waals surface area contributed by atoms with Crippen LogP contribution >= 0.6 is 0 Å². The van der Waals surface area contributed by atoms with Gasteiger partial charge in [0.15, 0.2) is 0 Å². The van der Waals surface area contributed by atoms with E-state index in [0.717, 1.165) is 37.2 Å². The van der Waals surface area contributed by atoms with Crippen LogP contribution in [0.5, 0.6) is 5.75 Å². The van der Waals surface area contributed by atoms with Gasteiger partial charge < -0.3 is 10.0 Å². The van der Waals surface area contributed by atoms with Gasteiger partial charge in [-0.2, -0.15) is 0 Å². The lowest BCUT2D eigenvalue weighted by Crippen LogP contribution is -2.39. The summed E-state index contributed by atoms with van der Waals surface area (Å²) in [6, 6.07) is 19.5. The van der Waals surface area contributed by atoms with E-state index < -0.39 is 0 Å². The van der Waals surface area contributed by atoms with Gasteiger partial charge in [-0.05, 0) is 49.6 Å². The van der Waals surface area contributed by atoms with Crippen LogP contribution in [0.3, 0.4) is 0 Å². The molecule has 1 amide bonds. The van der Waals surface area contributed by atoms with Crippen molar-refractivity contribution in [3.8, 4) is 17.0 Å². The molecule has 1 aliphatic heterocycles. The molecule has 0 radical (unpaired) electrons. The van der Waals surface area contributed by atoms with Gasteiger partial charge in [-0.3, -0.25) is 9.78 Å². The zero-order valence-corrected chi connectivity index (χ0v) is 16.0. The molecule has 1 N–H and O–H groups in total. The number of hydrogen-bond donors (Lipinski definition) is 1. The summed E-state index contributed by atoms with van der Waals surface area (Å²) in [6.07, 6.45) is 3.58. The molecular weight excluding hydrogens is 348 g/mol. The summed E-state index contributed by atoms with van der Waals surface area (Å²) in [7, 11) is 0. The number of hydrogen-bond acceptors (Lipinski definition) is 3. The Morgan fingerprint density at radius 3 is 2.64 bits per heavy atom. The summed E-state index contributed by atoms with van der Waals surface area (Å²) in [5.41, 5.74) is 4.99. The first-order valence-corrected chi connectivity index (χ1v) is 9.71. The number of likely N-dealkylation sites (tertiary alicyclic amines) is 1. The predicted octanol–water partition coefficient (Wildman–Crippen LogP) is 4.78. The Balaban J connectivity index is 1.48. The molecule has 3 aromatic rings. The predicted molar refractivity (Wildman–Crippen MR) is 110 cm³/mol. The van der Waals surface area contributed by atoms with Crippen LogP contribution in [0.15, 0.2) is 66.9 Å². The van der Waals surface area contributed by atoms with Crippen LogP contribution in [0.1, 0.15) is 40.2 Å². The van der Waals surface area contributed by atoms with E-state index in [1.54, 1.807) is 12.1 Å². The highest BCUT2D eigenvalue weighted by Crippen LogP contribution is 2.28. The van der Waals surface area contributed by atoms with E-state index in [2.05, 4.69) is 36.2 Å².